The number of rotatable bonds is 8. The molecule has 1 aromatic heterocycles. The predicted molar refractivity (Wildman–Crippen MR) is 93.2 cm³/mol. The van der Waals surface area contributed by atoms with Crippen molar-refractivity contribution in [1.82, 2.24) is 4.98 Å². The van der Waals surface area contributed by atoms with E-state index in [0.717, 1.165) is 29.8 Å². The fourth-order valence-corrected chi connectivity index (χ4v) is 2.66. The zero-order valence-electron chi connectivity index (χ0n) is 13.7. The molecule has 0 fully saturated rings. The highest BCUT2D eigenvalue weighted by molar-refractivity contribution is 7.14. The topological polar surface area (TPSA) is 77.5 Å². The van der Waals surface area contributed by atoms with Crippen molar-refractivity contribution in [2.75, 3.05) is 19.0 Å². The van der Waals surface area contributed by atoms with Gasteiger partial charge in [0.2, 0.25) is 0 Å². The number of amides is 1. The lowest BCUT2D eigenvalue weighted by molar-refractivity contribution is -0.147. The first-order valence-electron chi connectivity index (χ1n) is 7.67. The standard InChI is InChI=1S/C17H20N2O4S/c1-3-4-5-16(21)23-10-15(20)19-17-18-14(11-24-17)12-6-8-13(22-2)9-7-12/h6-9,11H,3-5,10H2,1-2H3,(H,18,19,20). The number of thiazole rings is 1. The first-order valence-corrected chi connectivity index (χ1v) is 8.55. The Morgan fingerprint density at radius 2 is 2.00 bits per heavy atom. The molecule has 0 radical (unpaired) electrons. The predicted octanol–water partition coefficient (Wildman–Crippen LogP) is 3.49. The third-order valence-corrected chi connectivity index (χ3v) is 3.99. The van der Waals surface area contributed by atoms with Gasteiger partial charge in [0.05, 0.1) is 12.8 Å². The van der Waals surface area contributed by atoms with Crippen molar-refractivity contribution in [3.05, 3.63) is 29.6 Å². The second kappa shape index (κ2) is 9.02. The first-order chi connectivity index (χ1) is 11.6. The Hall–Kier alpha value is -2.41. The molecule has 0 atom stereocenters. The number of hydrogen-bond donors (Lipinski definition) is 1. The number of unbranched alkanes of at least 4 members (excludes halogenated alkanes) is 1. The summed E-state index contributed by atoms with van der Waals surface area (Å²) in [5, 5.41) is 4.95. The van der Waals surface area contributed by atoms with Crippen LogP contribution in [-0.2, 0) is 14.3 Å². The van der Waals surface area contributed by atoms with Crippen molar-refractivity contribution < 1.29 is 19.1 Å². The van der Waals surface area contributed by atoms with E-state index in [-0.39, 0.29) is 12.6 Å². The van der Waals surface area contributed by atoms with Gasteiger partial charge in [0.25, 0.3) is 5.91 Å². The van der Waals surface area contributed by atoms with E-state index in [9.17, 15) is 9.59 Å². The van der Waals surface area contributed by atoms with Crippen molar-refractivity contribution in [3.8, 4) is 17.0 Å². The summed E-state index contributed by atoms with van der Waals surface area (Å²) in [6.07, 6.45) is 2.01. The van der Waals surface area contributed by atoms with Crippen molar-refractivity contribution in [1.29, 1.82) is 0 Å². The second-order valence-corrected chi connectivity index (χ2v) is 5.94. The monoisotopic (exact) mass is 348 g/mol. The lowest BCUT2D eigenvalue weighted by Crippen LogP contribution is -2.20. The highest BCUT2D eigenvalue weighted by Gasteiger charge is 2.10. The molecule has 0 spiro atoms. The summed E-state index contributed by atoms with van der Waals surface area (Å²) in [5.74, 6) is 0.0212. The molecule has 0 saturated heterocycles. The molecular weight excluding hydrogens is 328 g/mol. The van der Waals surface area contributed by atoms with Gasteiger partial charge in [-0.3, -0.25) is 14.9 Å². The molecule has 2 rings (SSSR count). The Balaban J connectivity index is 1.86. The minimum Gasteiger partial charge on any atom is -0.497 e. The molecule has 0 bridgehead atoms. The smallest absolute Gasteiger partial charge is 0.306 e. The van der Waals surface area contributed by atoms with Crippen LogP contribution in [0.15, 0.2) is 29.6 Å². The molecule has 0 aliphatic rings. The van der Waals surface area contributed by atoms with Crippen molar-refractivity contribution in [2.45, 2.75) is 26.2 Å². The Morgan fingerprint density at radius 1 is 1.25 bits per heavy atom. The molecule has 0 saturated carbocycles. The Labute approximate surface area is 144 Å². The van der Waals surface area contributed by atoms with E-state index < -0.39 is 5.91 Å². The number of hydrogen-bond acceptors (Lipinski definition) is 6. The van der Waals surface area contributed by atoms with E-state index >= 15 is 0 Å². The molecule has 1 aromatic carbocycles. The molecule has 0 unspecified atom stereocenters. The van der Waals surface area contributed by atoms with Crippen LogP contribution < -0.4 is 10.1 Å². The van der Waals surface area contributed by atoms with Gasteiger partial charge < -0.3 is 9.47 Å². The van der Waals surface area contributed by atoms with E-state index in [2.05, 4.69) is 10.3 Å². The Morgan fingerprint density at radius 3 is 2.67 bits per heavy atom. The van der Waals surface area contributed by atoms with Crippen LogP contribution in [0.4, 0.5) is 5.13 Å². The van der Waals surface area contributed by atoms with Crippen molar-refractivity contribution in [2.24, 2.45) is 0 Å². The van der Waals surface area contributed by atoms with Crippen molar-refractivity contribution >= 4 is 28.3 Å². The minimum atomic E-state index is -0.393. The third-order valence-electron chi connectivity index (χ3n) is 3.24. The van der Waals surface area contributed by atoms with Gasteiger partial charge in [-0.2, -0.15) is 0 Å². The number of esters is 1. The van der Waals surface area contributed by atoms with Gasteiger partial charge in [0.1, 0.15) is 5.75 Å². The van der Waals surface area contributed by atoms with Crippen molar-refractivity contribution in [3.63, 3.8) is 0 Å². The molecule has 1 N–H and O–H groups in total. The van der Waals surface area contributed by atoms with E-state index in [1.165, 1.54) is 11.3 Å². The number of nitrogens with zero attached hydrogens (tertiary/aromatic N) is 1. The normalized spacial score (nSPS) is 10.2. The zero-order chi connectivity index (χ0) is 17.4. The number of methoxy groups -OCH3 is 1. The summed E-state index contributed by atoms with van der Waals surface area (Å²) in [6.45, 7) is 1.70. The number of anilines is 1. The average molecular weight is 348 g/mol. The molecule has 1 heterocycles. The molecular formula is C17H20N2O4S. The summed E-state index contributed by atoms with van der Waals surface area (Å²) >= 11 is 1.32. The van der Waals surface area contributed by atoms with Crippen LogP contribution in [0.1, 0.15) is 26.2 Å². The largest absolute Gasteiger partial charge is 0.497 e. The molecule has 0 aliphatic heterocycles. The van der Waals surface area contributed by atoms with E-state index in [0.29, 0.717) is 11.6 Å². The van der Waals surface area contributed by atoms with E-state index in [1.54, 1.807) is 7.11 Å². The van der Waals surface area contributed by atoms with Crippen LogP contribution in [0.2, 0.25) is 0 Å². The highest BCUT2D eigenvalue weighted by atomic mass is 32.1. The Kier molecular flexibility index (Phi) is 6.74. The van der Waals surface area contributed by atoms with Crippen LogP contribution in [0.3, 0.4) is 0 Å². The van der Waals surface area contributed by atoms with E-state index in [1.807, 2.05) is 36.6 Å². The first kappa shape index (κ1) is 17.9. The maximum Gasteiger partial charge on any atom is 0.306 e. The van der Waals surface area contributed by atoms with Crippen LogP contribution in [0.5, 0.6) is 5.75 Å². The van der Waals surface area contributed by atoms with Gasteiger partial charge in [0.15, 0.2) is 11.7 Å². The fourth-order valence-electron chi connectivity index (χ4n) is 1.92. The maximum atomic E-state index is 11.8. The van der Waals surface area contributed by atoms with Gasteiger partial charge in [0, 0.05) is 17.4 Å². The minimum absolute atomic E-state index is 0.292. The fraction of sp³-hybridized carbons (Fsp3) is 0.353. The van der Waals surface area contributed by atoms with Crippen LogP contribution in [0, 0.1) is 0 Å². The van der Waals surface area contributed by atoms with Gasteiger partial charge in [-0.15, -0.1) is 11.3 Å². The zero-order valence-corrected chi connectivity index (χ0v) is 14.5. The SMILES string of the molecule is CCCCC(=O)OCC(=O)Nc1nc(-c2ccc(OC)cc2)cs1. The molecule has 128 valence electrons. The molecule has 1 amide bonds. The third kappa shape index (κ3) is 5.34. The maximum absolute atomic E-state index is 11.8. The van der Waals surface area contributed by atoms with Crippen LogP contribution in [-0.4, -0.2) is 30.6 Å². The summed E-state index contributed by atoms with van der Waals surface area (Å²) in [5.41, 5.74) is 1.69. The quantitative estimate of drug-likeness (QED) is 0.739. The number of ether oxygens (including phenoxy) is 2. The molecule has 2 aromatic rings. The molecule has 24 heavy (non-hydrogen) atoms. The molecule has 6 nitrogen and oxygen atoms in total. The summed E-state index contributed by atoms with van der Waals surface area (Å²) in [6, 6.07) is 7.50. The average Bonchev–Trinajstić information content (AvgIpc) is 3.06. The number of carbonyl (C=O) groups is 2. The van der Waals surface area contributed by atoms with E-state index in [4.69, 9.17) is 9.47 Å². The molecule has 7 heteroatoms. The lowest BCUT2D eigenvalue weighted by Gasteiger charge is -2.04. The lowest BCUT2D eigenvalue weighted by atomic mass is 10.2. The van der Waals surface area contributed by atoms with Crippen LogP contribution in [0.25, 0.3) is 11.3 Å². The number of nitrogens with one attached hydrogen (secondary N) is 1. The summed E-state index contributed by atoms with van der Waals surface area (Å²) < 4.78 is 10.0. The highest BCUT2D eigenvalue weighted by Crippen LogP contribution is 2.26. The number of carbonyl (C=O) groups excluding carboxylic acids is 2. The van der Waals surface area contributed by atoms with Crippen LogP contribution >= 0.6 is 11.3 Å². The van der Waals surface area contributed by atoms with Gasteiger partial charge in [-0.25, -0.2) is 4.98 Å². The van der Waals surface area contributed by atoms with Gasteiger partial charge in [-0.1, -0.05) is 13.3 Å². The second-order valence-electron chi connectivity index (χ2n) is 5.08. The Bertz CT molecular complexity index is 682. The van der Waals surface area contributed by atoms with Gasteiger partial charge >= 0.3 is 5.97 Å². The molecule has 0 aliphatic carbocycles. The van der Waals surface area contributed by atoms with Gasteiger partial charge in [-0.05, 0) is 30.7 Å². The summed E-state index contributed by atoms with van der Waals surface area (Å²) in [7, 11) is 1.61. The number of aromatic nitrogens is 1. The number of benzene rings is 1. The summed E-state index contributed by atoms with van der Waals surface area (Å²) in [4.78, 5) is 27.5.